The molecule has 0 saturated heterocycles. The average Bonchev–Trinajstić information content (AvgIpc) is 2.53. The Bertz CT molecular complexity index is 674. The first kappa shape index (κ1) is 17.3. The Kier molecular flexibility index (Phi) is 6.02. The van der Waals surface area contributed by atoms with Crippen molar-refractivity contribution >= 4 is 23.2 Å². The monoisotopic (exact) mass is 332 g/mol. The number of anilines is 1. The summed E-state index contributed by atoms with van der Waals surface area (Å²) >= 11 is 5.97. The number of ether oxygens (including phenoxy) is 1. The number of hydrogen-bond donors (Lipinski definition) is 2. The van der Waals surface area contributed by atoms with E-state index in [0.717, 1.165) is 5.56 Å². The number of hydrogen-bond acceptors (Lipinski definition) is 3. The topological polar surface area (TPSA) is 64.4 Å². The highest BCUT2D eigenvalue weighted by molar-refractivity contribution is 6.30. The Morgan fingerprint density at radius 2 is 1.96 bits per heavy atom. The van der Waals surface area contributed by atoms with Gasteiger partial charge < -0.3 is 15.8 Å². The van der Waals surface area contributed by atoms with Gasteiger partial charge in [-0.15, -0.1) is 0 Å². The third kappa shape index (κ3) is 4.98. The van der Waals surface area contributed by atoms with Crippen molar-refractivity contribution in [1.82, 2.24) is 0 Å². The van der Waals surface area contributed by atoms with Crippen LogP contribution in [0.2, 0.25) is 5.02 Å². The fraction of sp³-hybridized carbons (Fsp3) is 0.278. The van der Waals surface area contributed by atoms with Crippen molar-refractivity contribution in [3.8, 4) is 5.75 Å². The number of nitrogens with two attached hydrogens (primary N) is 1. The first-order valence-electron chi connectivity index (χ1n) is 7.50. The quantitative estimate of drug-likeness (QED) is 0.844. The molecule has 122 valence electrons. The van der Waals surface area contributed by atoms with Gasteiger partial charge in [0.1, 0.15) is 12.4 Å². The lowest BCUT2D eigenvalue weighted by atomic mass is 10.0. The highest BCUT2D eigenvalue weighted by Crippen LogP contribution is 2.25. The van der Waals surface area contributed by atoms with Crippen LogP contribution in [0.25, 0.3) is 0 Å². The van der Waals surface area contributed by atoms with Crippen LogP contribution < -0.4 is 15.8 Å². The zero-order valence-corrected chi connectivity index (χ0v) is 14.0. The lowest BCUT2D eigenvalue weighted by molar-refractivity contribution is -0.119. The van der Waals surface area contributed by atoms with Crippen LogP contribution in [0, 0.1) is 5.92 Å². The normalized spacial score (nSPS) is 13.2. The number of para-hydroxylation sites is 2. The van der Waals surface area contributed by atoms with E-state index in [1.54, 1.807) is 13.0 Å². The fourth-order valence-corrected chi connectivity index (χ4v) is 2.18. The van der Waals surface area contributed by atoms with Crippen molar-refractivity contribution in [1.29, 1.82) is 0 Å². The molecule has 0 aliphatic rings. The molecule has 0 radical (unpaired) electrons. The Balaban J connectivity index is 2.07. The summed E-state index contributed by atoms with van der Waals surface area (Å²) in [6.07, 6.45) is 0. The highest BCUT2D eigenvalue weighted by Gasteiger charge is 2.18. The molecule has 0 bridgehead atoms. The Morgan fingerprint density at radius 1 is 1.22 bits per heavy atom. The lowest BCUT2D eigenvalue weighted by Crippen LogP contribution is -2.34. The number of amides is 1. The molecule has 2 unspecified atom stereocenters. The number of halogens is 1. The second-order valence-electron chi connectivity index (χ2n) is 5.55. The molecule has 0 aromatic heterocycles. The Morgan fingerprint density at radius 3 is 2.65 bits per heavy atom. The van der Waals surface area contributed by atoms with Crippen molar-refractivity contribution in [2.24, 2.45) is 11.7 Å². The standard InChI is InChI=1S/C18H21ClN2O2/c1-12(13(2)20)18(22)21-16-8-3-4-9-17(16)23-11-14-6-5-7-15(19)10-14/h3-10,12-13H,11,20H2,1-2H3,(H,21,22). The maximum Gasteiger partial charge on any atom is 0.228 e. The van der Waals surface area contributed by atoms with Crippen LogP contribution in [0.4, 0.5) is 5.69 Å². The summed E-state index contributed by atoms with van der Waals surface area (Å²) in [4.78, 5) is 12.2. The summed E-state index contributed by atoms with van der Waals surface area (Å²) in [5, 5.41) is 3.53. The van der Waals surface area contributed by atoms with Gasteiger partial charge in [0.25, 0.3) is 0 Å². The van der Waals surface area contributed by atoms with E-state index < -0.39 is 0 Å². The van der Waals surface area contributed by atoms with E-state index >= 15 is 0 Å². The molecule has 0 fully saturated rings. The Labute approximate surface area is 141 Å². The van der Waals surface area contributed by atoms with Crippen LogP contribution in [0.5, 0.6) is 5.75 Å². The second kappa shape index (κ2) is 7.99. The first-order chi connectivity index (χ1) is 11.0. The van der Waals surface area contributed by atoms with Gasteiger partial charge in [0.2, 0.25) is 5.91 Å². The molecule has 0 spiro atoms. The molecule has 2 atom stereocenters. The second-order valence-corrected chi connectivity index (χ2v) is 5.99. The van der Waals surface area contributed by atoms with Crippen molar-refractivity contribution < 1.29 is 9.53 Å². The molecular formula is C18H21ClN2O2. The molecule has 3 N–H and O–H groups in total. The summed E-state index contributed by atoms with van der Waals surface area (Å²) in [6.45, 7) is 3.98. The molecule has 2 rings (SSSR count). The van der Waals surface area contributed by atoms with Crippen LogP contribution in [-0.2, 0) is 11.4 Å². The summed E-state index contributed by atoms with van der Waals surface area (Å²) < 4.78 is 5.81. The van der Waals surface area contributed by atoms with E-state index in [0.29, 0.717) is 23.1 Å². The van der Waals surface area contributed by atoms with Gasteiger partial charge in [-0.25, -0.2) is 0 Å². The van der Waals surface area contributed by atoms with Crippen LogP contribution in [0.15, 0.2) is 48.5 Å². The fourth-order valence-electron chi connectivity index (χ4n) is 1.97. The third-order valence-corrected chi connectivity index (χ3v) is 3.87. The average molecular weight is 333 g/mol. The predicted molar refractivity (Wildman–Crippen MR) is 93.7 cm³/mol. The van der Waals surface area contributed by atoms with E-state index in [1.165, 1.54) is 0 Å². The summed E-state index contributed by atoms with van der Waals surface area (Å²) in [6, 6.07) is 14.6. The maximum absolute atomic E-state index is 12.2. The minimum absolute atomic E-state index is 0.126. The molecule has 0 heterocycles. The van der Waals surface area contributed by atoms with E-state index in [4.69, 9.17) is 22.1 Å². The molecule has 23 heavy (non-hydrogen) atoms. The lowest BCUT2D eigenvalue weighted by Gasteiger charge is -2.17. The number of nitrogens with one attached hydrogen (secondary N) is 1. The molecule has 4 nitrogen and oxygen atoms in total. The van der Waals surface area contributed by atoms with E-state index in [-0.39, 0.29) is 17.9 Å². The molecule has 0 saturated carbocycles. The van der Waals surface area contributed by atoms with Crippen molar-refractivity contribution in [2.45, 2.75) is 26.5 Å². The van der Waals surface area contributed by atoms with E-state index in [2.05, 4.69) is 5.32 Å². The summed E-state index contributed by atoms with van der Waals surface area (Å²) in [5.74, 6) is 0.201. The molecule has 0 aliphatic heterocycles. The van der Waals surface area contributed by atoms with E-state index in [1.807, 2.05) is 49.4 Å². The molecule has 1 amide bonds. The molecular weight excluding hydrogens is 312 g/mol. The van der Waals surface area contributed by atoms with Gasteiger partial charge in [-0.3, -0.25) is 4.79 Å². The van der Waals surface area contributed by atoms with Crippen molar-refractivity contribution in [3.05, 3.63) is 59.1 Å². The number of carbonyl (C=O) groups excluding carboxylic acids is 1. The van der Waals surface area contributed by atoms with Gasteiger partial charge in [0.15, 0.2) is 0 Å². The summed E-state index contributed by atoms with van der Waals surface area (Å²) in [7, 11) is 0. The number of benzene rings is 2. The van der Waals surface area contributed by atoms with Crippen LogP contribution in [0.1, 0.15) is 19.4 Å². The zero-order valence-electron chi connectivity index (χ0n) is 13.3. The maximum atomic E-state index is 12.2. The van der Waals surface area contributed by atoms with Gasteiger partial charge in [-0.1, -0.05) is 42.8 Å². The number of rotatable bonds is 6. The van der Waals surface area contributed by atoms with Crippen molar-refractivity contribution in [3.63, 3.8) is 0 Å². The van der Waals surface area contributed by atoms with Crippen molar-refractivity contribution in [2.75, 3.05) is 5.32 Å². The molecule has 0 aliphatic carbocycles. The van der Waals surface area contributed by atoms with Gasteiger partial charge in [0.05, 0.1) is 11.6 Å². The van der Waals surface area contributed by atoms with E-state index in [9.17, 15) is 4.79 Å². The van der Waals surface area contributed by atoms with Crippen LogP contribution >= 0.6 is 11.6 Å². The SMILES string of the molecule is CC(N)C(C)C(=O)Nc1ccccc1OCc1cccc(Cl)c1. The first-order valence-corrected chi connectivity index (χ1v) is 7.88. The minimum atomic E-state index is -0.281. The number of carbonyl (C=O) groups is 1. The van der Waals surface area contributed by atoms with Crippen LogP contribution in [-0.4, -0.2) is 11.9 Å². The minimum Gasteiger partial charge on any atom is -0.487 e. The molecule has 2 aromatic rings. The Hall–Kier alpha value is -2.04. The summed E-state index contributed by atoms with van der Waals surface area (Å²) in [5.41, 5.74) is 7.37. The van der Waals surface area contributed by atoms with Gasteiger partial charge in [-0.2, -0.15) is 0 Å². The molecule has 2 aromatic carbocycles. The largest absolute Gasteiger partial charge is 0.487 e. The smallest absolute Gasteiger partial charge is 0.228 e. The molecule has 5 heteroatoms. The highest BCUT2D eigenvalue weighted by atomic mass is 35.5. The zero-order chi connectivity index (χ0) is 16.8. The predicted octanol–water partition coefficient (Wildman–Crippen LogP) is 3.84. The van der Waals surface area contributed by atoms with Gasteiger partial charge in [-0.05, 0) is 36.8 Å². The van der Waals surface area contributed by atoms with Crippen LogP contribution in [0.3, 0.4) is 0 Å². The third-order valence-electron chi connectivity index (χ3n) is 3.63. The van der Waals surface area contributed by atoms with Gasteiger partial charge in [0, 0.05) is 11.1 Å². The van der Waals surface area contributed by atoms with Gasteiger partial charge >= 0.3 is 0 Å².